The van der Waals surface area contributed by atoms with E-state index in [0.717, 1.165) is 24.3 Å². The fourth-order valence-electron chi connectivity index (χ4n) is 2.22. The topological polar surface area (TPSA) is 103 Å². The predicted molar refractivity (Wildman–Crippen MR) is 90.6 cm³/mol. The van der Waals surface area contributed by atoms with E-state index in [2.05, 4.69) is 4.72 Å². The fraction of sp³-hybridized carbons (Fsp3) is 0.294. The van der Waals surface area contributed by atoms with Crippen molar-refractivity contribution in [2.24, 2.45) is 0 Å². The number of rotatable bonds is 9. The quantitative estimate of drug-likeness (QED) is 0.718. The molecule has 7 nitrogen and oxygen atoms in total. The number of hydrogen-bond donors (Lipinski definition) is 1. The number of carbonyl (C=O) groups is 1. The maximum Gasteiger partial charge on any atom is 0.240 e. The Labute approximate surface area is 151 Å². The molecule has 0 aliphatic carbocycles. The van der Waals surface area contributed by atoms with E-state index in [9.17, 15) is 17.6 Å². The lowest BCUT2D eigenvalue weighted by atomic mass is 10.3. The van der Waals surface area contributed by atoms with Crippen molar-refractivity contribution in [1.29, 1.82) is 5.26 Å². The second-order valence-corrected chi connectivity index (χ2v) is 7.17. The highest BCUT2D eigenvalue weighted by atomic mass is 32.2. The van der Waals surface area contributed by atoms with Crippen molar-refractivity contribution < 1.29 is 22.0 Å². The molecule has 1 amide bonds. The minimum absolute atomic E-state index is 0.0768. The summed E-state index contributed by atoms with van der Waals surface area (Å²) in [7, 11) is -3.82. The molecule has 0 unspecified atom stereocenters. The van der Waals surface area contributed by atoms with Crippen molar-refractivity contribution in [3.63, 3.8) is 0 Å². The lowest BCUT2D eigenvalue weighted by molar-refractivity contribution is -0.131. The summed E-state index contributed by atoms with van der Waals surface area (Å²) in [5.41, 5.74) is 0. The maximum atomic E-state index is 12.9. The molecule has 0 fully saturated rings. The van der Waals surface area contributed by atoms with E-state index < -0.39 is 15.8 Å². The Morgan fingerprint density at radius 3 is 2.62 bits per heavy atom. The van der Waals surface area contributed by atoms with Gasteiger partial charge in [-0.05, 0) is 36.4 Å². The Morgan fingerprint density at radius 1 is 1.27 bits per heavy atom. The van der Waals surface area contributed by atoms with Gasteiger partial charge in [-0.25, -0.2) is 17.5 Å². The van der Waals surface area contributed by atoms with Crippen LogP contribution in [0.25, 0.3) is 0 Å². The van der Waals surface area contributed by atoms with Gasteiger partial charge in [0.2, 0.25) is 15.9 Å². The minimum Gasteiger partial charge on any atom is -0.467 e. The number of hydrogen-bond acceptors (Lipinski definition) is 5. The van der Waals surface area contributed by atoms with Gasteiger partial charge in [0.05, 0.1) is 30.2 Å². The summed E-state index contributed by atoms with van der Waals surface area (Å²) in [6.07, 6.45) is 1.57. The van der Waals surface area contributed by atoms with Crippen molar-refractivity contribution in [3.8, 4) is 6.07 Å². The van der Waals surface area contributed by atoms with Gasteiger partial charge in [-0.15, -0.1) is 0 Å². The van der Waals surface area contributed by atoms with Gasteiger partial charge < -0.3 is 9.32 Å². The Hall–Kier alpha value is -2.70. The summed E-state index contributed by atoms with van der Waals surface area (Å²) in [4.78, 5) is 13.7. The van der Waals surface area contributed by atoms with E-state index in [1.165, 1.54) is 11.2 Å². The molecule has 2 aromatic rings. The molecule has 0 aliphatic heterocycles. The molecular formula is C17H18FN3O4S. The third kappa shape index (κ3) is 5.68. The van der Waals surface area contributed by atoms with Gasteiger partial charge in [0.15, 0.2) is 0 Å². The van der Waals surface area contributed by atoms with Crippen LogP contribution in [0.1, 0.15) is 18.6 Å². The average molecular weight is 379 g/mol. The van der Waals surface area contributed by atoms with Gasteiger partial charge in [-0.2, -0.15) is 5.26 Å². The maximum absolute atomic E-state index is 12.9. The second kappa shape index (κ2) is 9.12. The molecule has 1 aromatic carbocycles. The number of benzene rings is 1. The van der Waals surface area contributed by atoms with Gasteiger partial charge in [-0.3, -0.25) is 4.79 Å². The monoisotopic (exact) mass is 379 g/mol. The largest absolute Gasteiger partial charge is 0.467 e. The first-order valence-corrected chi connectivity index (χ1v) is 9.33. The van der Waals surface area contributed by atoms with Crippen molar-refractivity contribution in [2.75, 3.05) is 13.1 Å². The van der Waals surface area contributed by atoms with Crippen molar-refractivity contribution >= 4 is 15.9 Å². The van der Waals surface area contributed by atoms with Crippen molar-refractivity contribution in [1.82, 2.24) is 9.62 Å². The number of nitrogens with one attached hydrogen (secondary N) is 1. The fourth-order valence-corrected chi connectivity index (χ4v) is 3.25. The highest BCUT2D eigenvalue weighted by molar-refractivity contribution is 7.89. The first-order chi connectivity index (χ1) is 12.4. The first kappa shape index (κ1) is 19.6. The Morgan fingerprint density at radius 2 is 2.00 bits per heavy atom. The third-order valence-electron chi connectivity index (χ3n) is 3.53. The van der Waals surface area contributed by atoms with Crippen LogP contribution in [0.15, 0.2) is 52.0 Å². The number of nitriles is 1. The number of furan rings is 1. The highest BCUT2D eigenvalue weighted by Crippen LogP contribution is 2.10. The van der Waals surface area contributed by atoms with Crippen LogP contribution in [0.5, 0.6) is 0 Å². The molecule has 1 aromatic heterocycles. The molecule has 2 rings (SSSR count). The highest BCUT2D eigenvalue weighted by Gasteiger charge is 2.18. The van der Waals surface area contributed by atoms with Gasteiger partial charge in [0.1, 0.15) is 11.6 Å². The first-order valence-electron chi connectivity index (χ1n) is 7.85. The smallest absolute Gasteiger partial charge is 0.240 e. The summed E-state index contributed by atoms with van der Waals surface area (Å²) in [5.74, 6) is -0.271. The van der Waals surface area contributed by atoms with Gasteiger partial charge in [0.25, 0.3) is 0 Å². The van der Waals surface area contributed by atoms with E-state index in [1.807, 2.05) is 6.07 Å². The number of carbonyl (C=O) groups excluding carboxylic acids is 1. The van der Waals surface area contributed by atoms with Gasteiger partial charge >= 0.3 is 0 Å². The molecule has 0 spiro atoms. The summed E-state index contributed by atoms with van der Waals surface area (Å²) in [6.45, 7) is 0.318. The molecule has 0 aliphatic rings. The summed E-state index contributed by atoms with van der Waals surface area (Å²) < 4.78 is 44.6. The third-order valence-corrected chi connectivity index (χ3v) is 5.00. The summed E-state index contributed by atoms with van der Waals surface area (Å²) in [6, 6.07) is 9.77. The lowest BCUT2D eigenvalue weighted by Gasteiger charge is -2.20. The van der Waals surface area contributed by atoms with E-state index in [4.69, 9.17) is 9.68 Å². The molecule has 0 bridgehead atoms. The van der Waals surface area contributed by atoms with Crippen LogP contribution in [0.2, 0.25) is 0 Å². The van der Waals surface area contributed by atoms with Gasteiger partial charge in [-0.1, -0.05) is 0 Å². The zero-order valence-corrected chi connectivity index (χ0v) is 14.7. The van der Waals surface area contributed by atoms with E-state index in [0.29, 0.717) is 5.76 Å². The van der Waals surface area contributed by atoms with Crippen LogP contribution in [-0.4, -0.2) is 32.3 Å². The molecule has 0 saturated carbocycles. The van der Waals surface area contributed by atoms with Crippen molar-refractivity contribution in [2.45, 2.75) is 24.3 Å². The molecule has 0 atom stereocenters. The van der Waals surface area contributed by atoms with Crippen LogP contribution < -0.4 is 4.72 Å². The molecule has 0 radical (unpaired) electrons. The number of halogens is 1. The van der Waals surface area contributed by atoms with E-state index >= 15 is 0 Å². The van der Waals surface area contributed by atoms with E-state index in [-0.39, 0.29) is 43.3 Å². The van der Waals surface area contributed by atoms with Gasteiger partial charge in [0, 0.05) is 19.5 Å². The minimum atomic E-state index is -3.82. The van der Waals surface area contributed by atoms with Crippen LogP contribution in [0.3, 0.4) is 0 Å². The second-order valence-electron chi connectivity index (χ2n) is 5.40. The molecule has 1 N–H and O–H groups in total. The van der Waals surface area contributed by atoms with Crippen molar-refractivity contribution in [3.05, 3.63) is 54.2 Å². The van der Waals surface area contributed by atoms with Crippen LogP contribution in [0, 0.1) is 17.1 Å². The van der Waals surface area contributed by atoms with Crippen LogP contribution >= 0.6 is 0 Å². The molecular weight excluding hydrogens is 361 g/mol. The normalized spacial score (nSPS) is 11.1. The summed E-state index contributed by atoms with van der Waals surface area (Å²) in [5, 5.41) is 8.72. The molecule has 1 heterocycles. The SMILES string of the molecule is N#CCCN(Cc1ccco1)C(=O)CCNS(=O)(=O)c1ccc(F)cc1. The lowest BCUT2D eigenvalue weighted by Crippen LogP contribution is -2.34. The predicted octanol–water partition coefficient (Wildman–Crippen LogP) is 2.03. The molecule has 0 saturated heterocycles. The standard InChI is InChI=1S/C17H18FN3O4S/c18-14-4-6-16(7-5-14)26(23,24)20-10-8-17(22)21(11-2-9-19)13-15-3-1-12-25-15/h1,3-7,12,20H,2,8,10-11,13H2. The number of nitrogens with zero attached hydrogens (tertiary/aromatic N) is 2. The average Bonchev–Trinajstić information content (AvgIpc) is 3.11. The Balaban J connectivity index is 1.92. The summed E-state index contributed by atoms with van der Waals surface area (Å²) >= 11 is 0. The number of amides is 1. The van der Waals surface area contributed by atoms with E-state index in [1.54, 1.807) is 12.1 Å². The zero-order valence-electron chi connectivity index (χ0n) is 13.9. The molecule has 26 heavy (non-hydrogen) atoms. The Bertz CT molecular complexity index is 858. The molecule has 138 valence electrons. The molecule has 9 heteroatoms. The van der Waals surface area contributed by atoms with Crippen LogP contribution in [-0.2, 0) is 21.4 Å². The zero-order chi connectivity index (χ0) is 19.0. The van der Waals surface area contributed by atoms with Crippen LogP contribution in [0.4, 0.5) is 4.39 Å². The Kier molecular flexibility index (Phi) is 6.89. The number of sulfonamides is 1.